The molecular formula is C26H28N8O2. The molecule has 2 saturated heterocycles. The van der Waals surface area contributed by atoms with Gasteiger partial charge >= 0.3 is 0 Å². The van der Waals surface area contributed by atoms with Crippen LogP contribution in [0, 0.1) is 6.92 Å². The Kier molecular flexibility index (Phi) is 5.52. The van der Waals surface area contributed by atoms with E-state index in [1.54, 1.807) is 35.4 Å². The number of carbonyl (C=O) groups excluding carboxylic acids is 2. The Morgan fingerprint density at radius 3 is 2.53 bits per heavy atom. The highest BCUT2D eigenvalue weighted by molar-refractivity contribution is 6.06. The molecule has 4 aromatic rings. The second-order valence-electron chi connectivity index (χ2n) is 9.74. The third kappa shape index (κ3) is 4.24. The van der Waals surface area contributed by atoms with Crippen LogP contribution in [0.15, 0.2) is 43.0 Å². The maximum atomic E-state index is 13.0. The average molecular weight is 485 g/mol. The molecular weight excluding hydrogens is 456 g/mol. The number of hydrogen-bond donors (Lipinski definition) is 3. The van der Waals surface area contributed by atoms with Crippen molar-refractivity contribution in [2.45, 2.75) is 44.7 Å². The fourth-order valence-electron chi connectivity index (χ4n) is 5.42. The lowest BCUT2D eigenvalue weighted by Gasteiger charge is -2.20. The van der Waals surface area contributed by atoms with Crippen LogP contribution >= 0.6 is 0 Å². The molecule has 2 aliphatic heterocycles. The van der Waals surface area contributed by atoms with E-state index >= 15 is 0 Å². The number of anilines is 2. The monoisotopic (exact) mass is 484 g/mol. The summed E-state index contributed by atoms with van der Waals surface area (Å²) in [5, 5.41) is 10.9. The predicted molar refractivity (Wildman–Crippen MR) is 137 cm³/mol. The Labute approximate surface area is 208 Å². The van der Waals surface area contributed by atoms with Crippen molar-refractivity contribution >= 4 is 34.2 Å². The Balaban J connectivity index is 1.15. The molecule has 184 valence electrons. The number of pyridine rings is 2. The zero-order valence-electron chi connectivity index (χ0n) is 20.3. The van der Waals surface area contributed by atoms with Gasteiger partial charge in [0.1, 0.15) is 5.65 Å². The largest absolute Gasteiger partial charge is 0.339 e. The van der Waals surface area contributed by atoms with Gasteiger partial charge in [0, 0.05) is 42.5 Å². The second kappa shape index (κ2) is 8.87. The topological polar surface area (TPSA) is 121 Å². The van der Waals surface area contributed by atoms with E-state index < -0.39 is 0 Å². The molecule has 6 rings (SSSR count). The number of carbonyl (C=O) groups is 2. The summed E-state index contributed by atoms with van der Waals surface area (Å²) in [6, 6.07) is 6.58. The molecule has 10 nitrogen and oxygen atoms in total. The first-order chi connectivity index (χ1) is 17.4. The van der Waals surface area contributed by atoms with Gasteiger partial charge in [0.25, 0.3) is 5.91 Å². The number of aromatic amines is 1. The molecule has 4 aromatic heterocycles. The first-order valence-electron chi connectivity index (χ1n) is 12.2. The van der Waals surface area contributed by atoms with Crippen LogP contribution in [0.3, 0.4) is 0 Å². The van der Waals surface area contributed by atoms with Crippen molar-refractivity contribution in [1.29, 1.82) is 0 Å². The highest BCUT2D eigenvalue weighted by Gasteiger charge is 2.39. The Bertz CT molecular complexity index is 1450. The zero-order chi connectivity index (χ0) is 24.8. The van der Waals surface area contributed by atoms with Crippen molar-refractivity contribution < 1.29 is 9.59 Å². The van der Waals surface area contributed by atoms with Gasteiger partial charge in [-0.25, -0.2) is 4.98 Å². The van der Waals surface area contributed by atoms with Crippen molar-refractivity contribution in [2.75, 3.05) is 17.2 Å². The molecule has 10 heteroatoms. The van der Waals surface area contributed by atoms with Gasteiger partial charge in [0.05, 0.1) is 47.3 Å². The summed E-state index contributed by atoms with van der Waals surface area (Å²) in [6.45, 7) is 2.21. The summed E-state index contributed by atoms with van der Waals surface area (Å²) in [5.41, 5.74) is 4.72. The molecule has 6 heterocycles. The maximum absolute atomic E-state index is 13.0. The molecule has 36 heavy (non-hydrogen) atoms. The third-order valence-electron chi connectivity index (χ3n) is 7.30. The van der Waals surface area contributed by atoms with Gasteiger partial charge in [-0.3, -0.25) is 24.2 Å². The van der Waals surface area contributed by atoms with Crippen molar-refractivity contribution in [3.63, 3.8) is 0 Å². The van der Waals surface area contributed by atoms with Gasteiger partial charge in [-0.05, 0) is 50.8 Å². The third-order valence-corrected chi connectivity index (χ3v) is 7.30. The van der Waals surface area contributed by atoms with Crippen LogP contribution in [-0.2, 0) is 11.8 Å². The average Bonchev–Trinajstić information content (AvgIpc) is 3.65. The smallest absolute Gasteiger partial charge is 0.257 e. The Morgan fingerprint density at radius 1 is 1.03 bits per heavy atom. The number of amides is 2. The first kappa shape index (κ1) is 22.4. The minimum atomic E-state index is -0.296. The quantitative estimate of drug-likeness (QED) is 0.385. The molecule has 3 N–H and O–H groups in total. The van der Waals surface area contributed by atoms with Crippen LogP contribution in [0.2, 0.25) is 0 Å². The lowest BCUT2D eigenvalue weighted by atomic mass is 10.0. The number of aryl methyl sites for hydroxylation is 2. The van der Waals surface area contributed by atoms with E-state index in [9.17, 15) is 9.59 Å². The number of hydrogen-bond acceptors (Lipinski definition) is 6. The summed E-state index contributed by atoms with van der Waals surface area (Å²) in [5.74, 6) is -0.348. The number of rotatable bonds is 6. The van der Waals surface area contributed by atoms with E-state index in [-0.39, 0.29) is 11.8 Å². The van der Waals surface area contributed by atoms with E-state index in [4.69, 9.17) is 0 Å². The van der Waals surface area contributed by atoms with E-state index in [0.717, 1.165) is 16.6 Å². The highest BCUT2D eigenvalue weighted by Crippen LogP contribution is 2.37. The Hall–Kier alpha value is -4.05. The molecule has 0 atom stereocenters. The van der Waals surface area contributed by atoms with Crippen molar-refractivity contribution in [2.24, 2.45) is 7.05 Å². The van der Waals surface area contributed by atoms with Crippen LogP contribution in [0.1, 0.15) is 41.7 Å². The van der Waals surface area contributed by atoms with Gasteiger partial charge in [-0.15, -0.1) is 0 Å². The standard InChI is InChI=1S/C26H28N8O2/c1-15-22(9-19(12-27-15)30-24(35)14-34-20-3-4-21(34)6-5-20)32-26(36)17-7-16-8-23(31-25(16)28-10-17)18-11-29-33(2)13-18/h7-13,20-21H,3-6,14H2,1-2H3,(H,28,31)(H,30,35)(H,32,36). The summed E-state index contributed by atoms with van der Waals surface area (Å²) in [6.07, 6.45) is 11.6. The first-order valence-corrected chi connectivity index (χ1v) is 12.2. The lowest BCUT2D eigenvalue weighted by Crippen LogP contribution is -2.36. The van der Waals surface area contributed by atoms with E-state index in [2.05, 4.69) is 35.6 Å². The van der Waals surface area contributed by atoms with Crippen LogP contribution in [-0.4, -0.2) is 60.1 Å². The molecule has 2 aliphatic rings. The fourth-order valence-corrected chi connectivity index (χ4v) is 5.42. The summed E-state index contributed by atoms with van der Waals surface area (Å²) >= 11 is 0. The highest BCUT2D eigenvalue weighted by atomic mass is 16.2. The molecule has 2 bridgehead atoms. The number of aromatic nitrogens is 5. The molecule has 0 unspecified atom stereocenters. The van der Waals surface area contributed by atoms with Gasteiger partial charge in [-0.1, -0.05) is 0 Å². The molecule has 0 radical (unpaired) electrons. The van der Waals surface area contributed by atoms with Crippen molar-refractivity contribution in [3.05, 3.63) is 54.2 Å². The van der Waals surface area contributed by atoms with Crippen LogP contribution in [0.25, 0.3) is 22.3 Å². The number of nitrogens with one attached hydrogen (secondary N) is 3. The number of nitrogens with zero attached hydrogens (tertiary/aromatic N) is 5. The van der Waals surface area contributed by atoms with E-state index in [1.165, 1.54) is 25.7 Å². The van der Waals surface area contributed by atoms with Gasteiger partial charge in [0.2, 0.25) is 5.91 Å². The number of H-pyrrole nitrogens is 1. The maximum Gasteiger partial charge on any atom is 0.257 e. The Morgan fingerprint density at radius 2 is 1.81 bits per heavy atom. The van der Waals surface area contributed by atoms with Crippen LogP contribution < -0.4 is 10.6 Å². The van der Waals surface area contributed by atoms with Gasteiger partial charge < -0.3 is 15.6 Å². The molecule has 2 fully saturated rings. The number of fused-ring (bicyclic) bond motifs is 3. The van der Waals surface area contributed by atoms with Crippen molar-refractivity contribution in [3.8, 4) is 11.3 Å². The normalized spacial score (nSPS) is 19.2. The molecule has 0 aliphatic carbocycles. The predicted octanol–water partition coefficient (Wildman–Crippen LogP) is 3.48. The SMILES string of the molecule is Cc1ncc(NC(=O)CN2C3CCC2CC3)cc1NC(=O)c1cnc2[nH]c(-c3cnn(C)c3)cc2c1. The van der Waals surface area contributed by atoms with Crippen LogP contribution in [0.4, 0.5) is 11.4 Å². The van der Waals surface area contributed by atoms with Crippen molar-refractivity contribution in [1.82, 2.24) is 29.6 Å². The summed E-state index contributed by atoms with van der Waals surface area (Å²) in [7, 11) is 1.86. The molecule has 2 amide bonds. The minimum absolute atomic E-state index is 0.0525. The fraction of sp³-hybridized carbons (Fsp3) is 0.346. The summed E-state index contributed by atoms with van der Waals surface area (Å²) < 4.78 is 1.73. The zero-order valence-corrected chi connectivity index (χ0v) is 20.3. The molecule has 0 spiro atoms. The second-order valence-corrected chi connectivity index (χ2v) is 9.74. The summed E-state index contributed by atoms with van der Waals surface area (Å²) in [4.78, 5) is 40.1. The van der Waals surface area contributed by atoms with E-state index in [1.807, 2.05) is 26.2 Å². The van der Waals surface area contributed by atoms with Gasteiger partial charge in [-0.2, -0.15) is 5.10 Å². The molecule has 0 aromatic carbocycles. The molecule has 0 saturated carbocycles. The minimum Gasteiger partial charge on any atom is -0.339 e. The van der Waals surface area contributed by atoms with Crippen LogP contribution in [0.5, 0.6) is 0 Å². The lowest BCUT2D eigenvalue weighted by molar-refractivity contribution is -0.117. The van der Waals surface area contributed by atoms with Gasteiger partial charge in [0.15, 0.2) is 0 Å². The van der Waals surface area contributed by atoms with E-state index in [0.29, 0.717) is 46.9 Å².